The van der Waals surface area contributed by atoms with Gasteiger partial charge >= 0.3 is 0 Å². The van der Waals surface area contributed by atoms with Crippen molar-refractivity contribution in [3.63, 3.8) is 0 Å². The first-order chi connectivity index (χ1) is 7.69. The van der Waals surface area contributed by atoms with E-state index in [9.17, 15) is 4.79 Å². The maximum Gasteiger partial charge on any atom is 0.234 e. The van der Waals surface area contributed by atoms with Gasteiger partial charge in [0.2, 0.25) is 5.91 Å². The quantitative estimate of drug-likeness (QED) is 0.825. The highest BCUT2D eigenvalue weighted by atomic mass is 79.9. The van der Waals surface area contributed by atoms with Gasteiger partial charge in [0, 0.05) is 0 Å². The molecule has 1 unspecified atom stereocenters. The lowest BCUT2D eigenvalue weighted by Gasteiger charge is -2.19. The van der Waals surface area contributed by atoms with E-state index in [0.29, 0.717) is 0 Å². The Kier molecular flexibility index (Phi) is 5.53. The lowest BCUT2D eigenvalue weighted by molar-refractivity contribution is -0.121. The zero-order valence-corrected chi connectivity index (χ0v) is 11.3. The normalized spacial score (nSPS) is 14.2. The second kappa shape index (κ2) is 6.69. The van der Waals surface area contributed by atoms with Crippen molar-refractivity contribution in [1.82, 2.24) is 5.32 Å². The molecule has 0 aliphatic rings. The van der Waals surface area contributed by atoms with Crippen LogP contribution < -0.4 is 5.32 Å². The molecule has 1 amide bonds. The minimum atomic E-state index is -0.0923. The molecule has 0 aromatic heterocycles. The molecule has 2 nitrogen and oxygen atoms in total. The minimum Gasteiger partial charge on any atom is -0.348 e. The molecule has 88 valence electrons. The fourth-order valence-corrected chi connectivity index (χ4v) is 1.69. The average Bonchev–Trinajstić information content (AvgIpc) is 2.35. The predicted octanol–water partition coefficient (Wildman–Crippen LogP) is 3.43. The third-order valence-electron chi connectivity index (χ3n) is 2.57. The van der Waals surface area contributed by atoms with E-state index >= 15 is 0 Å². The zero-order chi connectivity index (χ0) is 12.0. The summed E-state index contributed by atoms with van der Waals surface area (Å²) in [6, 6.07) is 10.2. The van der Waals surface area contributed by atoms with E-state index in [1.165, 1.54) is 0 Å². The average molecular weight is 284 g/mol. The molecule has 0 heterocycles. The SMILES string of the molecule is CCC(Br)C(=O)N[C@@H](CC)c1ccccc1. The number of rotatable bonds is 5. The highest BCUT2D eigenvalue weighted by Gasteiger charge is 2.17. The molecule has 0 aliphatic carbocycles. The van der Waals surface area contributed by atoms with E-state index in [1.54, 1.807) is 0 Å². The van der Waals surface area contributed by atoms with E-state index in [2.05, 4.69) is 28.2 Å². The van der Waals surface area contributed by atoms with Crippen LogP contribution >= 0.6 is 15.9 Å². The highest BCUT2D eigenvalue weighted by molar-refractivity contribution is 9.10. The van der Waals surface area contributed by atoms with Crippen LogP contribution in [0.4, 0.5) is 0 Å². The number of halogens is 1. The van der Waals surface area contributed by atoms with Gasteiger partial charge in [0.05, 0.1) is 10.9 Å². The predicted molar refractivity (Wildman–Crippen MR) is 70.6 cm³/mol. The summed E-state index contributed by atoms with van der Waals surface area (Å²) in [7, 11) is 0. The smallest absolute Gasteiger partial charge is 0.234 e. The van der Waals surface area contributed by atoms with Gasteiger partial charge in [0.1, 0.15) is 0 Å². The molecule has 0 aliphatic heterocycles. The molecule has 0 saturated heterocycles. The second-order valence-electron chi connectivity index (χ2n) is 3.76. The topological polar surface area (TPSA) is 29.1 Å². The van der Waals surface area contributed by atoms with Gasteiger partial charge in [-0.1, -0.05) is 60.1 Å². The molecular formula is C13H18BrNO. The van der Waals surface area contributed by atoms with Crippen LogP contribution in [0.3, 0.4) is 0 Å². The summed E-state index contributed by atoms with van der Waals surface area (Å²) in [4.78, 5) is 11.7. The van der Waals surface area contributed by atoms with Crippen molar-refractivity contribution in [1.29, 1.82) is 0 Å². The number of amides is 1. The van der Waals surface area contributed by atoms with Gasteiger partial charge in [-0.3, -0.25) is 4.79 Å². The minimum absolute atomic E-state index is 0.0678. The van der Waals surface area contributed by atoms with E-state index in [-0.39, 0.29) is 16.8 Å². The van der Waals surface area contributed by atoms with Crippen LogP contribution in [0.25, 0.3) is 0 Å². The van der Waals surface area contributed by atoms with Gasteiger partial charge in [-0.25, -0.2) is 0 Å². The van der Waals surface area contributed by atoms with Crippen LogP contribution in [0, 0.1) is 0 Å². The lowest BCUT2D eigenvalue weighted by Crippen LogP contribution is -2.33. The molecular weight excluding hydrogens is 266 g/mol. The second-order valence-corrected chi connectivity index (χ2v) is 4.86. The van der Waals surface area contributed by atoms with Gasteiger partial charge in [-0.05, 0) is 18.4 Å². The van der Waals surface area contributed by atoms with Crippen LogP contribution in [0.2, 0.25) is 0 Å². The van der Waals surface area contributed by atoms with Crippen LogP contribution in [0.15, 0.2) is 30.3 Å². The maximum atomic E-state index is 11.8. The molecule has 16 heavy (non-hydrogen) atoms. The largest absolute Gasteiger partial charge is 0.348 e. The number of carbonyl (C=O) groups is 1. The first kappa shape index (κ1) is 13.2. The van der Waals surface area contributed by atoms with E-state index in [0.717, 1.165) is 18.4 Å². The van der Waals surface area contributed by atoms with Crippen molar-refractivity contribution in [2.45, 2.75) is 37.6 Å². The van der Waals surface area contributed by atoms with Crippen LogP contribution in [-0.4, -0.2) is 10.7 Å². The number of carbonyl (C=O) groups excluding carboxylic acids is 1. The number of nitrogens with one attached hydrogen (secondary N) is 1. The van der Waals surface area contributed by atoms with Gasteiger partial charge in [0.15, 0.2) is 0 Å². The molecule has 0 bridgehead atoms. The van der Waals surface area contributed by atoms with Crippen molar-refractivity contribution < 1.29 is 4.79 Å². The first-order valence-corrected chi connectivity index (χ1v) is 6.60. The van der Waals surface area contributed by atoms with Crippen molar-refractivity contribution in [3.8, 4) is 0 Å². The monoisotopic (exact) mass is 283 g/mol. The van der Waals surface area contributed by atoms with Crippen LogP contribution in [-0.2, 0) is 4.79 Å². The summed E-state index contributed by atoms with van der Waals surface area (Å²) in [5.41, 5.74) is 1.16. The third-order valence-corrected chi connectivity index (χ3v) is 3.63. The molecule has 1 rings (SSSR count). The molecule has 2 atom stereocenters. The molecule has 0 saturated carbocycles. The van der Waals surface area contributed by atoms with Crippen LogP contribution in [0.1, 0.15) is 38.3 Å². The van der Waals surface area contributed by atoms with Gasteiger partial charge in [0.25, 0.3) is 0 Å². The summed E-state index contributed by atoms with van der Waals surface area (Å²) in [5.74, 6) is 0.0678. The maximum absolute atomic E-state index is 11.8. The Morgan fingerprint density at radius 2 is 1.88 bits per heavy atom. The Morgan fingerprint density at radius 3 is 2.38 bits per heavy atom. The van der Waals surface area contributed by atoms with Gasteiger partial charge in [-0.15, -0.1) is 0 Å². The van der Waals surface area contributed by atoms with Crippen molar-refractivity contribution in [3.05, 3.63) is 35.9 Å². The Hall–Kier alpha value is -0.830. The molecule has 0 fully saturated rings. The highest BCUT2D eigenvalue weighted by Crippen LogP contribution is 2.17. The fourth-order valence-electron chi connectivity index (χ4n) is 1.55. The molecule has 0 spiro atoms. The summed E-state index contributed by atoms with van der Waals surface area (Å²) >= 11 is 3.36. The standard InChI is InChI=1S/C13H18BrNO/c1-3-11(14)13(16)15-12(4-2)10-8-6-5-7-9-10/h5-9,11-12H,3-4H2,1-2H3,(H,15,16)/t11?,12-/m0/s1. The molecule has 1 aromatic carbocycles. The summed E-state index contributed by atoms with van der Waals surface area (Å²) in [6.07, 6.45) is 1.70. The van der Waals surface area contributed by atoms with E-state index in [4.69, 9.17) is 0 Å². The number of hydrogen-bond donors (Lipinski definition) is 1. The number of alkyl halides is 1. The van der Waals surface area contributed by atoms with Crippen LogP contribution in [0.5, 0.6) is 0 Å². The molecule has 1 aromatic rings. The first-order valence-electron chi connectivity index (χ1n) is 5.68. The lowest BCUT2D eigenvalue weighted by atomic mass is 10.0. The molecule has 0 radical (unpaired) electrons. The van der Waals surface area contributed by atoms with E-state index < -0.39 is 0 Å². The summed E-state index contributed by atoms with van der Waals surface area (Å²) in [5, 5.41) is 3.05. The molecule has 1 N–H and O–H groups in total. The van der Waals surface area contributed by atoms with Gasteiger partial charge in [-0.2, -0.15) is 0 Å². The zero-order valence-electron chi connectivity index (χ0n) is 9.74. The summed E-state index contributed by atoms with van der Waals surface area (Å²) in [6.45, 7) is 4.07. The Morgan fingerprint density at radius 1 is 1.25 bits per heavy atom. The van der Waals surface area contributed by atoms with Crippen molar-refractivity contribution >= 4 is 21.8 Å². The third kappa shape index (κ3) is 3.63. The molecule has 3 heteroatoms. The number of hydrogen-bond acceptors (Lipinski definition) is 1. The number of benzene rings is 1. The van der Waals surface area contributed by atoms with Crippen molar-refractivity contribution in [2.24, 2.45) is 0 Å². The summed E-state index contributed by atoms with van der Waals surface area (Å²) < 4.78 is 0. The van der Waals surface area contributed by atoms with E-state index in [1.807, 2.05) is 37.3 Å². The Labute approximate surface area is 106 Å². The Bertz CT molecular complexity index is 326. The Balaban J connectivity index is 2.66. The van der Waals surface area contributed by atoms with Gasteiger partial charge < -0.3 is 5.32 Å². The fraction of sp³-hybridized carbons (Fsp3) is 0.462. The van der Waals surface area contributed by atoms with Crippen molar-refractivity contribution in [2.75, 3.05) is 0 Å².